The second kappa shape index (κ2) is 8.34. The molecule has 0 radical (unpaired) electrons. The van der Waals surface area contributed by atoms with Crippen LogP contribution < -0.4 is 19.3 Å². The molecule has 2 aliphatic heterocycles. The molecule has 29 heavy (non-hydrogen) atoms. The van der Waals surface area contributed by atoms with Crippen molar-refractivity contribution in [1.29, 1.82) is 0 Å². The number of carbonyl (C=O) groups is 3. The number of hydrogen-bond donors (Lipinski definition) is 0. The number of ether oxygens (including phenoxy) is 2. The number of carbonyl (C=O) groups excluding carboxylic acids is 3. The van der Waals surface area contributed by atoms with Gasteiger partial charge >= 0.3 is 5.97 Å². The highest BCUT2D eigenvalue weighted by atomic mass is 16.6. The molecule has 2 heterocycles. The lowest BCUT2D eigenvalue weighted by molar-refractivity contribution is -0.136. The summed E-state index contributed by atoms with van der Waals surface area (Å²) in [4.78, 5) is 39.1. The zero-order valence-electron chi connectivity index (χ0n) is 16.0. The van der Waals surface area contributed by atoms with Gasteiger partial charge in [0.2, 0.25) is 11.8 Å². The van der Waals surface area contributed by atoms with Gasteiger partial charge in [-0.05, 0) is 61.4 Å². The Labute approximate surface area is 168 Å². The van der Waals surface area contributed by atoms with E-state index < -0.39 is 5.97 Å². The number of anilines is 2. The first kappa shape index (κ1) is 19.0. The van der Waals surface area contributed by atoms with Crippen molar-refractivity contribution in [2.45, 2.75) is 25.7 Å². The first-order chi connectivity index (χ1) is 14.1. The molecule has 2 amide bonds. The van der Waals surface area contributed by atoms with Crippen molar-refractivity contribution >= 4 is 29.2 Å². The van der Waals surface area contributed by atoms with Crippen LogP contribution in [0.4, 0.5) is 11.4 Å². The van der Waals surface area contributed by atoms with Crippen LogP contribution in [0.3, 0.4) is 0 Å². The maximum absolute atomic E-state index is 12.0. The van der Waals surface area contributed by atoms with E-state index in [-0.39, 0.29) is 18.4 Å². The fraction of sp³-hybridized carbons (Fsp3) is 0.318. The minimum absolute atomic E-state index is 0.114. The Morgan fingerprint density at radius 2 is 1.24 bits per heavy atom. The van der Waals surface area contributed by atoms with Crippen LogP contribution in [0.1, 0.15) is 25.7 Å². The Kier molecular flexibility index (Phi) is 5.46. The number of nitrogens with zero attached hydrogens (tertiary/aromatic N) is 2. The van der Waals surface area contributed by atoms with Crippen LogP contribution in [0.15, 0.2) is 48.5 Å². The zero-order chi connectivity index (χ0) is 20.2. The number of amides is 2. The maximum Gasteiger partial charge on any atom is 0.349 e. The lowest BCUT2D eigenvalue weighted by atomic mass is 10.3. The van der Waals surface area contributed by atoms with Gasteiger partial charge in [-0.15, -0.1) is 0 Å². The van der Waals surface area contributed by atoms with Crippen molar-refractivity contribution in [1.82, 2.24) is 0 Å². The van der Waals surface area contributed by atoms with E-state index in [1.165, 1.54) is 0 Å². The lowest BCUT2D eigenvalue weighted by Crippen LogP contribution is -2.23. The van der Waals surface area contributed by atoms with Crippen molar-refractivity contribution in [3.8, 4) is 11.5 Å². The smallest absolute Gasteiger partial charge is 0.349 e. The van der Waals surface area contributed by atoms with Crippen molar-refractivity contribution in [2.24, 2.45) is 0 Å². The predicted octanol–water partition coefficient (Wildman–Crippen LogP) is 2.92. The fourth-order valence-electron chi connectivity index (χ4n) is 3.56. The van der Waals surface area contributed by atoms with Gasteiger partial charge in [0, 0.05) is 37.3 Å². The highest BCUT2D eigenvalue weighted by Gasteiger charge is 2.22. The van der Waals surface area contributed by atoms with Gasteiger partial charge in [0.25, 0.3) is 0 Å². The van der Waals surface area contributed by atoms with Crippen LogP contribution in [0.2, 0.25) is 0 Å². The van der Waals surface area contributed by atoms with E-state index in [1.807, 2.05) is 12.1 Å². The molecule has 0 unspecified atom stereocenters. The summed E-state index contributed by atoms with van der Waals surface area (Å²) < 4.78 is 10.8. The largest absolute Gasteiger partial charge is 0.482 e. The van der Waals surface area contributed by atoms with Crippen molar-refractivity contribution in [3.05, 3.63) is 48.5 Å². The van der Waals surface area contributed by atoms with Gasteiger partial charge in [-0.1, -0.05) is 0 Å². The lowest BCUT2D eigenvalue weighted by Gasteiger charge is -2.16. The molecular weight excluding hydrogens is 372 g/mol. The van der Waals surface area contributed by atoms with Crippen LogP contribution in [0.25, 0.3) is 0 Å². The van der Waals surface area contributed by atoms with E-state index in [0.29, 0.717) is 24.3 Å². The van der Waals surface area contributed by atoms with E-state index in [9.17, 15) is 14.4 Å². The molecule has 0 aromatic heterocycles. The summed E-state index contributed by atoms with van der Waals surface area (Å²) in [5.41, 5.74) is 1.64. The van der Waals surface area contributed by atoms with Gasteiger partial charge < -0.3 is 19.3 Å². The quantitative estimate of drug-likeness (QED) is 0.556. The minimum Gasteiger partial charge on any atom is -0.482 e. The van der Waals surface area contributed by atoms with Crippen molar-refractivity contribution < 1.29 is 23.9 Å². The van der Waals surface area contributed by atoms with Crippen LogP contribution in [-0.2, 0) is 14.4 Å². The Morgan fingerprint density at radius 1 is 0.759 bits per heavy atom. The van der Waals surface area contributed by atoms with Crippen LogP contribution in [0.5, 0.6) is 11.5 Å². The molecular formula is C22H22N2O5. The van der Waals surface area contributed by atoms with Gasteiger partial charge in [-0.2, -0.15) is 0 Å². The highest BCUT2D eigenvalue weighted by molar-refractivity contribution is 5.96. The average Bonchev–Trinajstić information content (AvgIpc) is 3.35. The third kappa shape index (κ3) is 4.39. The third-order valence-corrected chi connectivity index (χ3v) is 5.03. The van der Waals surface area contributed by atoms with E-state index >= 15 is 0 Å². The normalized spacial score (nSPS) is 16.4. The molecule has 0 spiro atoms. The second-order valence-corrected chi connectivity index (χ2v) is 7.05. The Balaban J connectivity index is 1.27. The molecule has 4 rings (SSSR count). The van der Waals surface area contributed by atoms with E-state index in [1.54, 1.807) is 46.2 Å². The average molecular weight is 394 g/mol. The molecule has 2 aromatic rings. The highest BCUT2D eigenvalue weighted by Crippen LogP contribution is 2.25. The van der Waals surface area contributed by atoms with Gasteiger partial charge in [-0.25, -0.2) is 4.79 Å². The Bertz CT molecular complexity index is 908. The Morgan fingerprint density at radius 3 is 1.69 bits per heavy atom. The molecule has 150 valence electrons. The summed E-state index contributed by atoms with van der Waals surface area (Å²) in [5.74, 6) is 0.650. The zero-order valence-corrected chi connectivity index (χ0v) is 16.0. The van der Waals surface area contributed by atoms with E-state index in [4.69, 9.17) is 9.47 Å². The van der Waals surface area contributed by atoms with Gasteiger partial charge in [0.15, 0.2) is 6.61 Å². The molecule has 2 aliphatic rings. The van der Waals surface area contributed by atoms with Gasteiger partial charge in [-0.3, -0.25) is 9.59 Å². The SMILES string of the molecule is O=C(COc1ccc(N2CCCC2=O)cc1)Oc1ccc(N2CCCC2=O)cc1. The molecule has 0 atom stereocenters. The molecule has 0 bridgehead atoms. The number of benzene rings is 2. The molecule has 7 nitrogen and oxygen atoms in total. The minimum atomic E-state index is -0.520. The molecule has 0 saturated carbocycles. The third-order valence-electron chi connectivity index (χ3n) is 5.03. The van der Waals surface area contributed by atoms with Crippen LogP contribution >= 0.6 is 0 Å². The number of esters is 1. The van der Waals surface area contributed by atoms with Gasteiger partial charge in [0.1, 0.15) is 11.5 Å². The topological polar surface area (TPSA) is 76.2 Å². The summed E-state index contributed by atoms with van der Waals surface area (Å²) in [6.45, 7) is 1.22. The maximum atomic E-state index is 12.0. The summed E-state index contributed by atoms with van der Waals surface area (Å²) in [7, 11) is 0. The molecule has 2 saturated heterocycles. The van der Waals surface area contributed by atoms with Gasteiger partial charge in [0.05, 0.1) is 0 Å². The molecule has 2 aromatic carbocycles. The standard InChI is InChI=1S/C22H22N2O5/c25-20-3-1-13-23(20)16-5-9-18(10-6-16)28-15-22(27)29-19-11-7-17(8-12-19)24-14-2-4-21(24)26/h5-12H,1-4,13-15H2. The van der Waals surface area contributed by atoms with Crippen LogP contribution in [-0.4, -0.2) is 37.5 Å². The monoisotopic (exact) mass is 394 g/mol. The first-order valence-electron chi connectivity index (χ1n) is 9.74. The summed E-state index contributed by atoms with van der Waals surface area (Å²) >= 11 is 0. The van der Waals surface area contributed by atoms with Crippen LogP contribution in [0, 0.1) is 0 Å². The molecule has 0 N–H and O–H groups in total. The fourth-order valence-corrected chi connectivity index (χ4v) is 3.56. The first-order valence-corrected chi connectivity index (χ1v) is 9.74. The van der Waals surface area contributed by atoms with E-state index in [0.717, 1.165) is 37.3 Å². The van der Waals surface area contributed by atoms with E-state index in [2.05, 4.69) is 0 Å². The summed E-state index contributed by atoms with van der Waals surface area (Å²) in [5, 5.41) is 0. The van der Waals surface area contributed by atoms with Crippen molar-refractivity contribution in [2.75, 3.05) is 29.5 Å². The number of hydrogen-bond acceptors (Lipinski definition) is 5. The Hall–Kier alpha value is -3.35. The molecule has 7 heteroatoms. The summed E-state index contributed by atoms with van der Waals surface area (Å²) in [6, 6.07) is 14.0. The summed E-state index contributed by atoms with van der Waals surface area (Å²) in [6.07, 6.45) is 2.89. The number of rotatable bonds is 6. The molecule has 0 aliphatic carbocycles. The predicted molar refractivity (Wildman–Crippen MR) is 107 cm³/mol. The molecule has 2 fully saturated rings. The second-order valence-electron chi connectivity index (χ2n) is 7.05. The van der Waals surface area contributed by atoms with Crippen molar-refractivity contribution in [3.63, 3.8) is 0 Å².